The first-order valence-electron chi connectivity index (χ1n) is 7.15. The minimum absolute atomic E-state index is 0.0778. The molecular formula is C17H17NO3. The zero-order chi connectivity index (χ0) is 14.8. The molecule has 108 valence electrons. The maximum absolute atomic E-state index is 12.6. The van der Waals surface area contributed by atoms with Gasteiger partial charge < -0.3 is 9.32 Å². The van der Waals surface area contributed by atoms with Crippen LogP contribution in [0.1, 0.15) is 39.3 Å². The summed E-state index contributed by atoms with van der Waals surface area (Å²) in [5.41, 5.74) is 2.45. The first kappa shape index (κ1) is 13.6. The second kappa shape index (κ2) is 5.56. The van der Waals surface area contributed by atoms with Crippen molar-refractivity contribution in [1.82, 2.24) is 4.90 Å². The van der Waals surface area contributed by atoms with Crippen LogP contribution in [-0.2, 0) is 0 Å². The molecule has 1 aliphatic heterocycles. The molecule has 0 N–H and O–H groups in total. The number of aldehydes is 1. The Morgan fingerprint density at radius 3 is 2.62 bits per heavy atom. The molecule has 2 heterocycles. The minimum Gasteiger partial charge on any atom is -0.453 e. The van der Waals surface area contributed by atoms with Crippen molar-refractivity contribution in [3.8, 4) is 11.3 Å². The van der Waals surface area contributed by atoms with Gasteiger partial charge in [0.25, 0.3) is 5.91 Å². The maximum Gasteiger partial charge on any atom is 0.254 e. The summed E-state index contributed by atoms with van der Waals surface area (Å²) >= 11 is 0. The predicted octanol–water partition coefficient (Wildman–Crippen LogP) is 3.30. The van der Waals surface area contributed by atoms with Crippen molar-refractivity contribution < 1.29 is 14.0 Å². The molecule has 1 aliphatic rings. The summed E-state index contributed by atoms with van der Waals surface area (Å²) in [6, 6.07) is 9.01. The van der Waals surface area contributed by atoms with Gasteiger partial charge in [0.1, 0.15) is 5.76 Å². The van der Waals surface area contributed by atoms with E-state index in [4.69, 9.17) is 4.42 Å². The molecule has 1 aromatic heterocycles. The van der Waals surface area contributed by atoms with Gasteiger partial charge in [-0.05, 0) is 43.5 Å². The van der Waals surface area contributed by atoms with E-state index in [1.54, 1.807) is 12.1 Å². The van der Waals surface area contributed by atoms with Gasteiger partial charge in [0, 0.05) is 24.2 Å². The van der Waals surface area contributed by atoms with Crippen LogP contribution in [-0.4, -0.2) is 30.2 Å². The Hall–Kier alpha value is -2.36. The first-order valence-corrected chi connectivity index (χ1v) is 7.15. The van der Waals surface area contributed by atoms with E-state index in [2.05, 4.69) is 0 Å². The lowest BCUT2D eigenvalue weighted by Gasteiger charge is -2.17. The van der Waals surface area contributed by atoms with E-state index in [1.165, 1.54) is 0 Å². The molecule has 1 amide bonds. The Labute approximate surface area is 123 Å². The van der Waals surface area contributed by atoms with E-state index in [0.717, 1.165) is 37.1 Å². The molecule has 0 aliphatic carbocycles. The fraction of sp³-hybridized carbons (Fsp3) is 0.294. The molecule has 0 saturated carbocycles. The van der Waals surface area contributed by atoms with Crippen LogP contribution in [0.4, 0.5) is 0 Å². The molecule has 0 unspecified atom stereocenters. The smallest absolute Gasteiger partial charge is 0.254 e. The SMILES string of the molecule is Cc1c(C(=O)N2CCCC2)cccc1-c1ccc(C=O)o1. The molecule has 1 saturated heterocycles. The average Bonchev–Trinajstić information content (AvgIpc) is 3.18. The van der Waals surface area contributed by atoms with Crippen LogP contribution in [0.3, 0.4) is 0 Å². The number of rotatable bonds is 3. The largest absolute Gasteiger partial charge is 0.453 e. The van der Waals surface area contributed by atoms with E-state index in [1.807, 2.05) is 30.0 Å². The average molecular weight is 283 g/mol. The molecule has 0 atom stereocenters. The van der Waals surface area contributed by atoms with E-state index in [0.29, 0.717) is 23.4 Å². The quantitative estimate of drug-likeness (QED) is 0.812. The van der Waals surface area contributed by atoms with Gasteiger partial charge in [0.15, 0.2) is 12.0 Å². The van der Waals surface area contributed by atoms with Gasteiger partial charge in [0.05, 0.1) is 0 Å². The summed E-state index contributed by atoms with van der Waals surface area (Å²) in [5.74, 6) is 0.986. The van der Waals surface area contributed by atoms with E-state index in [9.17, 15) is 9.59 Å². The van der Waals surface area contributed by atoms with Gasteiger partial charge in [0.2, 0.25) is 0 Å². The molecule has 4 nitrogen and oxygen atoms in total. The fourth-order valence-electron chi connectivity index (χ4n) is 2.79. The van der Waals surface area contributed by atoms with Crippen molar-refractivity contribution in [2.75, 3.05) is 13.1 Å². The molecule has 0 spiro atoms. The van der Waals surface area contributed by atoms with Crippen molar-refractivity contribution >= 4 is 12.2 Å². The number of hydrogen-bond donors (Lipinski definition) is 0. The van der Waals surface area contributed by atoms with Gasteiger partial charge in [-0.15, -0.1) is 0 Å². The third kappa shape index (κ3) is 2.49. The van der Waals surface area contributed by atoms with Crippen molar-refractivity contribution in [3.05, 3.63) is 47.2 Å². The Morgan fingerprint density at radius 2 is 1.95 bits per heavy atom. The van der Waals surface area contributed by atoms with Crippen molar-refractivity contribution in [1.29, 1.82) is 0 Å². The van der Waals surface area contributed by atoms with Crippen LogP contribution in [0.25, 0.3) is 11.3 Å². The second-order valence-electron chi connectivity index (χ2n) is 5.30. The maximum atomic E-state index is 12.6. The zero-order valence-electron chi connectivity index (χ0n) is 12.0. The Morgan fingerprint density at radius 1 is 1.19 bits per heavy atom. The second-order valence-corrected chi connectivity index (χ2v) is 5.30. The van der Waals surface area contributed by atoms with Crippen LogP contribution < -0.4 is 0 Å². The standard InChI is InChI=1S/C17H17NO3/c1-12-14(16-8-7-13(11-19)21-16)5-4-6-15(12)17(20)18-9-2-3-10-18/h4-8,11H,2-3,9-10H2,1H3. The molecule has 4 heteroatoms. The number of carbonyl (C=O) groups excluding carboxylic acids is 2. The molecule has 0 bridgehead atoms. The summed E-state index contributed by atoms with van der Waals surface area (Å²) in [6.07, 6.45) is 2.83. The number of amides is 1. The molecule has 3 rings (SSSR count). The lowest BCUT2D eigenvalue weighted by atomic mass is 10.00. The normalized spacial score (nSPS) is 14.4. The molecule has 0 radical (unpaired) electrons. The summed E-state index contributed by atoms with van der Waals surface area (Å²) in [6.45, 7) is 3.58. The Balaban J connectivity index is 1.98. The van der Waals surface area contributed by atoms with E-state index in [-0.39, 0.29) is 5.91 Å². The topological polar surface area (TPSA) is 50.5 Å². The molecular weight excluding hydrogens is 266 g/mol. The number of hydrogen-bond acceptors (Lipinski definition) is 3. The lowest BCUT2D eigenvalue weighted by Crippen LogP contribution is -2.28. The number of carbonyl (C=O) groups is 2. The number of nitrogens with zero attached hydrogens (tertiary/aromatic N) is 1. The number of furan rings is 1. The summed E-state index contributed by atoms with van der Waals surface area (Å²) in [5, 5.41) is 0. The summed E-state index contributed by atoms with van der Waals surface area (Å²) < 4.78 is 5.47. The number of likely N-dealkylation sites (tertiary alicyclic amines) is 1. The molecule has 21 heavy (non-hydrogen) atoms. The van der Waals surface area contributed by atoms with Crippen LogP contribution >= 0.6 is 0 Å². The highest BCUT2D eigenvalue weighted by Crippen LogP contribution is 2.28. The monoisotopic (exact) mass is 283 g/mol. The van der Waals surface area contributed by atoms with Gasteiger partial charge in [-0.3, -0.25) is 9.59 Å². The minimum atomic E-state index is 0.0778. The van der Waals surface area contributed by atoms with Crippen molar-refractivity contribution in [2.24, 2.45) is 0 Å². The van der Waals surface area contributed by atoms with Gasteiger partial charge >= 0.3 is 0 Å². The van der Waals surface area contributed by atoms with Gasteiger partial charge in [-0.1, -0.05) is 12.1 Å². The summed E-state index contributed by atoms with van der Waals surface area (Å²) in [4.78, 5) is 25.2. The highest BCUT2D eigenvalue weighted by Gasteiger charge is 2.22. The van der Waals surface area contributed by atoms with Gasteiger partial charge in [-0.2, -0.15) is 0 Å². The summed E-state index contributed by atoms with van der Waals surface area (Å²) in [7, 11) is 0. The van der Waals surface area contributed by atoms with Crippen LogP contribution in [0.2, 0.25) is 0 Å². The van der Waals surface area contributed by atoms with E-state index >= 15 is 0 Å². The first-order chi connectivity index (χ1) is 10.2. The molecule has 1 aromatic carbocycles. The predicted molar refractivity (Wildman–Crippen MR) is 79.4 cm³/mol. The lowest BCUT2D eigenvalue weighted by molar-refractivity contribution is 0.0792. The molecule has 1 fully saturated rings. The zero-order valence-corrected chi connectivity index (χ0v) is 12.0. The molecule has 2 aromatic rings. The highest BCUT2D eigenvalue weighted by molar-refractivity contribution is 5.97. The van der Waals surface area contributed by atoms with Crippen LogP contribution in [0.15, 0.2) is 34.7 Å². The van der Waals surface area contributed by atoms with Crippen molar-refractivity contribution in [2.45, 2.75) is 19.8 Å². The Bertz CT molecular complexity index is 681. The van der Waals surface area contributed by atoms with Gasteiger partial charge in [-0.25, -0.2) is 0 Å². The Kier molecular flexibility index (Phi) is 3.60. The number of benzene rings is 1. The van der Waals surface area contributed by atoms with E-state index < -0.39 is 0 Å². The van der Waals surface area contributed by atoms with Crippen LogP contribution in [0, 0.1) is 6.92 Å². The fourth-order valence-corrected chi connectivity index (χ4v) is 2.79. The van der Waals surface area contributed by atoms with Crippen molar-refractivity contribution in [3.63, 3.8) is 0 Å². The third-order valence-corrected chi connectivity index (χ3v) is 3.97. The van der Waals surface area contributed by atoms with Crippen LogP contribution in [0.5, 0.6) is 0 Å². The highest BCUT2D eigenvalue weighted by atomic mass is 16.3. The third-order valence-electron chi connectivity index (χ3n) is 3.97.